The summed E-state index contributed by atoms with van der Waals surface area (Å²) >= 11 is 0. The summed E-state index contributed by atoms with van der Waals surface area (Å²) in [6, 6.07) is 0. The molecule has 1 saturated carbocycles. The molecule has 0 bridgehead atoms. The number of aliphatic hydroxyl groups is 2. The van der Waals surface area contributed by atoms with Gasteiger partial charge in [-0.3, -0.25) is 0 Å². The number of allylic oxidation sites excluding steroid dienone is 1. The molecule has 17 heavy (non-hydrogen) atoms. The molecule has 0 radical (unpaired) electrons. The summed E-state index contributed by atoms with van der Waals surface area (Å²) in [6.07, 6.45) is 4.01. The van der Waals surface area contributed by atoms with Gasteiger partial charge >= 0.3 is 0 Å². The van der Waals surface area contributed by atoms with Gasteiger partial charge in [-0.15, -0.1) is 0 Å². The van der Waals surface area contributed by atoms with Crippen LogP contribution in [0.5, 0.6) is 0 Å². The number of aliphatic hydroxyl groups excluding tert-OH is 2. The molecule has 2 aliphatic rings. The van der Waals surface area contributed by atoms with Crippen LogP contribution < -0.4 is 0 Å². The van der Waals surface area contributed by atoms with Crippen LogP contribution in [0.3, 0.4) is 0 Å². The van der Waals surface area contributed by atoms with Gasteiger partial charge in [0.2, 0.25) is 0 Å². The van der Waals surface area contributed by atoms with E-state index in [9.17, 15) is 10.2 Å². The van der Waals surface area contributed by atoms with Gasteiger partial charge in [0, 0.05) is 0 Å². The standard InChI is InChI=1S/C15H24O2/c1-9-5-12(16)6-11(9)7-13-10(2)14(17)8-15(13,3)4/h5,11-14,16-17H,2,6-8H2,1,3-4H3/t11-,12-,13+,14-/m1/s1. The Kier molecular flexibility index (Phi) is 3.21. The van der Waals surface area contributed by atoms with Crippen LogP contribution in [0.1, 0.15) is 40.0 Å². The van der Waals surface area contributed by atoms with E-state index < -0.39 is 0 Å². The molecule has 0 amide bonds. The van der Waals surface area contributed by atoms with E-state index in [1.165, 1.54) is 5.57 Å². The lowest BCUT2D eigenvalue weighted by atomic mass is 9.75. The summed E-state index contributed by atoms with van der Waals surface area (Å²) in [6.45, 7) is 10.6. The quantitative estimate of drug-likeness (QED) is 0.724. The van der Waals surface area contributed by atoms with E-state index in [4.69, 9.17) is 0 Å². The summed E-state index contributed by atoms with van der Waals surface area (Å²) in [7, 11) is 0. The van der Waals surface area contributed by atoms with Gasteiger partial charge in [0.05, 0.1) is 12.2 Å². The van der Waals surface area contributed by atoms with E-state index in [1.54, 1.807) is 0 Å². The second-order valence-electron chi connectivity index (χ2n) is 6.48. The highest BCUT2D eigenvalue weighted by molar-refractivity contribution is 5.22. The third kappa shape index (κ3) is 2.34. The molecule has 2 heteroatoms. The molecule has 0 aromatic heterocycles. The third-order valence-electron chi connectivity index (χ3n) is 4.68. The monoisotopic (exact) mass is 236 g/mol. The van der Waals surface area contributed by atoms with E-state index in [-0.39, 0.29) is 17.6 Å². The fourth-order valence-corrected chi connectivity index (χ4v) is 3.53. The zero-order valence-electron chi connectivity index (χ0n) is 11.1. The Balaban J connectivity index is 2.09. The molecule has 96 valence electrons. The molecule has 0 heterocycles. The minimum Gasteiger partial charge on any atom is -0.389 e. The molecule has 4 atom stereocenters. The molecule has 2 N–H and O–H groups in total. The molecule has 0 aromatic rings. The van der Waals surface area contributed by atoms with Crippen LogP contribution in [0.2, 0.25) is 0 Å². The topological polar surface area (TPSA) is 40.5 Å². The van der Waals surface area contributed by atoms with Gasteiger partial charge in [0.1, 0.15) is 0 Å². The molecule has 0 aliphatic heterocycles. The van der Waals surface area contributed by atoms with Crippen molar-refractivity contribution in [1.29, 1.82) is 0 Å². The average Bonchev–Trinajstić information content (AvgIpc) is 2.59. The molecule has 0 aromatic carbocycles. The largest absolute Gasteiger partial charge is 0.389 e. The van der Waals surface area contributed by atoms with Crippen LogP contribution in [0.15, 0.2) is 23.8 Å². The van der Waals surface area contributed by atoms with Crippen molar-refractivity contribution in [3.63, 3.8) is 0 Å². The van der Waals surface area contributed by atoms with Crippen molar-refractivity contribution in [3.05, 3.63) is 23.8 Å². The summed E-state index contributed by atoms with van der Waals surface area (Å²) in [5, 5.41) is 19.6. The molecule has 2 rings (SSSR count). The zero-order chi connectivity index (χ0) is 12.8. The summed E-state index contributed by atoms with van der Waals surface area (Å²) in [5.41, 5.74) is 2.41. The number of hydrogen-bond acceptors (Lipinski definition) is 2. The van der Waals surface area contributed by atoms with Crippen LogP contribution in [-0.2, 0) is 0 Å². The minimum absolute atomic E-state index is 0.129. The van der Waals surface area contributed by atoms with Crippen LogP contribution in [0.25, 0.3) is 0 Å². The Labute approximate surface area is 104 Å². The van der Waals surface area contributed by atoms with Gasteiger partial charge in [0.25, 0.3) is 0 Å². The van der Waals surface area contributed by atoms with Crippen molar-refractivity contribution in [2.45, 2.75) is 52.2 Å². The third-order valence-corrected chi connectivity index (χ3v) is 4.68. The molecule has 2 nitrogen and oxygen atoms in total. The lowest BCUT2D eigenvalue weighted by Crippen LogP contribution is -2.21. The maximum Gasteiger partial charge on any atom is 0.0755 e. The first-order valence-electron chi connectivity index (χ1n) is 6.54. The lowest BCUT2D eigenvalue weighted by Gasteiger charge is -2.30. The molecular formula is C15H24O2. The van der Waals surface area contributed by atoms with Gasteiger partial charge in [0.15, 0.2) is 0 Å². The van der Waals surface area contributed by atoms with E-state index >= 15 is 0 Å². The fraction of sp³-hybridized carbons (Fsp3) is 0.733. The highest BCUT2D eigenvalue weighted by Gasteiger charge is 2.44. The molecule has 0 unspecified atom stereocenters. The fourth-order valence-electron chi connectivity index (χ4n) is 3.53. The molecule has 0 spiro atoms. The maximum atomic E-state index is 9.93. The minimum atomic E-state index is -0.342. The van der Waals surface area contributed by atoms with Crippen molar-refractivity contribution in [1.82, 2.24) is 0 Å². The zero-order valence-corrected chi connectivity index (χ0v) is 11.1. The predicted octanol–water partition coefficient (Wildman–Crippen LogP) is 2.67. The molecule has 0 saturated heterocycles. The Morgan fingerprint density at radius 2 is 2.06 bits per heavy atom. The Hall–Kier alpha value is -0.600. The average molecular weight is 236 g/mol. The normalized spacial score (nSPS) is 40.8. The van der Waals surface area contributed by atoms with Crippen LogP contribution in [0, 0.1) is 17.3 Å². The molecular weight excluding hydrogens is 212 g/mol. The van der Waals surface area contributed by atoms with Crippen LogP contribution in [0.4, 0.5) is 0 Å². The summed E-state index contributed by atoms with van der Waals surface area (Å²) in [4.78, 5) is 0. The van der Waals surface area contributed by atoms with E-state index in [1.807, 2.05) is 6.08 Å². The Morgan fingerprint density at radius 1 is 1.41 bits per heavy atom. The van der Waals surface area contributed by atoms with E-state index in [2.05, 4.69) is 27.4 Å². The van der Waals surface area contributed by atoms with Crippen molar-refractivity contribution >= 4 is 0 Å². The van der Waals surface area contributed by atoms with Gasteiger partial charge in [-0.2, -0.15) is 0 Å². The second-order valence-corrected chi connectivity index (χ2v) is 6.48. The molecule has 2 aliphatic carbocycles. The van der Waals surface area contributed by atoms with Gasteiger partial charge < -0.3 is 10.2 Å². The summed E-state index contributed by atoms with van der Waals surface area (Å²) in [5.74, 6) is 0.826. The lowest BCUT2D eigenvalue weighted by molar-refractivity contribution is 0.173. The van der Waals surface area contributed by atoms with Crippen molar-refractivity contribution in [2.75, 3.05) is 0 Å². The Bertz CT molecular complexity index is 354. The van der Waals surface area contributed by atoms with Gasteiger partial charge in [-0.05, 0) is 49.0 Å². The molecule has 1 fully saturated rings. The predicted molar refractivity (Wildman–Crippen MR) is 69.5 cm³/mol. The highest BCUT2D eigenvalue weighted by atomic mass is 16.3. The van der Waals surface area contributed by atoms with Crippen LogP contribution >= 0.6 is 0 Å². The van der Waals surface area contributed by atoms with Crippen molar-refractivity contribution in [2.24, 2.45) is 17.3 Å². The number of hydrogen-bond donors (Lipinski definition) is 2. The first-order valence-corrected chi connectivity index (χ1v) is 6.54. The maximum absolute atomic E-state index is 9.93. The van der Waals surface area contributed by atoms with Crippen LogP contribution in [-0.4, -0.2) is 22.4 Å². The van der Waals surface area contributed by atoms with Gasteiger partial charge in [-0.25, -0.2) is 0 Å². The summed E-state index contributed by atoms with van der Waals surface area (Å²) < 4.78 is 0. The van der Waals surface area contributed by atoms with E-state index in [0.717, 1.165) is 24.8 Å². The first-order chi connectivity index (χ1) is 7.81. The number of rotatable bonds is 2. The van der Waals surface area contributed by atoms with Crippen molar-refractivity contribution < 1.29 is 10.2 Å². The van der Waals surface area contributed by atoms with Crippen molar-refractivity contribution in [3.8, 4) is 0 Å². The van der Waals surface area contributed by atoms with Gasteiger partial charge in [-0.1, -0.05) is 32.1 Å². The smallest absolute Gasteiger partial charge is 0.0755 e. The second kappa shape index (κ2) is 4.25. The first kappa shape index (κ1) is 12.8. The highest BCUT2D eigenvalue weighted by Crippen LogP contribution is 2.50. The Morgan fingerprint density at radius 3 is 2.47 bits per heavy atom. The SMILES string of the molecule is C=C1[C@H](O)CC(C)(C)[C@H]1C[C@H]1C[C@H](O)C=C1C. The van der Waals surface area contributed by atoms with E-state index in [0.29, 0.717) is 11.8 Å².